The third-order valence-corrected chi connectivity index (χ3v) is 1.26. The van der Waals surface area contributed by atoms with E-state index in [9.17, 15) is 13.2 Å². The molecule has 1 aromatic heterocycles. The molecule has 68 valence electrons. The van der Waals surface area contributed by atoms with Gasteiger partial charge in [0, 0.05) is 6.07 Å². The molecule has 0 fully saturated rings. The number of nitriles is 1. The number of hydrogen-bond donors (Lipinski definition) is 1. The van der Waals surface area contributed by atoms with Gasteiger partial charge in [-0.25, -0.2) is 4.98 Å². The van der Waals surface area contributed by atoms with Crippen LogP contribution in [0.15, 0.2) is 12.3 Å². The van der Waals surface area contributed by atoms with Gasteiger partial charge in [-0.15, -0.1) is 0 Å². The van der Waals surface area contributed by atoms with E-state index in [0.29, 0.717) is 6.20 Å². The third-order valence-electron chi connectivity index (χ3n) is 1.26. The summed E-state index contributed by atoms with van der Waals surface area (Å²) in [6, 6.07) is 2.02. The van der Waals surface area contributed by atoms with Crippen LogP contribution >= 0.6 is 0 Å². The fourth-order valence-electron chi connectivity index (χ4n) is 0.765. The fourth-order valence-corrected chi connectivity index (χ4v) is 0.765. The van der Waals surface area contributed by atoms with Crippen LogP contribution in [0.4, 0.5) is 13.2 Å². The predicted octanol–water partition coefficient (Wildman–Crippen LogP) is 1.68. The van der Waals surface area contributed by atoms with Crippen molar-refractivity contribution in [2.45, 2.75) is 6.18 Å². The first-order chi connectivity index (χ1) is 5.95. The van der Waals surface area contributed by atoms with Crippen molar-refractivity contribution in [1.29, 1.82) is 5.26 Å². The first kappa shape index (κ1) is 9.32. The molecule has 6 heteroatoms. The molecule has 13 heavy (non-hydrogen) atoms. The zero-order valence-electron chi connectivity index (χ0n) is 6.13. The van der Waals surface area contributed by atoms with E-state index in [1.807, 2.05) is 0 Å². The highest BCUT2D eigenvalue weighted by Gasteiger charge is 2.35. The monoisotopic (exact) mass is 188 g/mol. The Hall–Kier alpha value is -1.77. The normalized spacial score (nSPS) is 10.9. The molecule has 0 aliphatic heterocycles. The second-order valence-corrected chi connectivity index (χ2v) is 2.20. The van der Waals surface area contributed by atoms with Crippen LogP contribution in [-0.2, 0) is 6.18 Å². The number of halogens is 3. The molecule has 0 bridgehead atoms. The van der Waals surface area contributed by atoms with Gasteiger partial charge in [0.25, 0.3) is 0 Å². The minimum absolute atomic E-state index is 0.468. The standard InChI is InChI=1S/C7H3F3N2O/c8-7(9,10)6-4(2-11)1-5(13)3-12-6/h1,3,13H. The van der Waals surface area contributed by atoms with E-state index in [-0.39, 0.29) is 0 Å². The van der Waals surface area contributed by atoms with Crippen molar-refractivity contribution < 1.29 is 18.3 Å². The lowest BCUT2D eigenvalue weighted by atomic mass is 10.2. The molecule has 0 atom stereocenters. The van der Waals surface area contributed by atoms with E-state index in [1.165, 1.54) is 6.07 Å². The van der Waals surface area contributed by atoms with Crippen molar-refractivity contribution in [3.05, 3.63) is 23.5 Å². The average Bonchev–Trinajstić information content (AvgIpc) is 2.01. The summed E-state index contributed by atoms with van der Waals surface area (Å²) >= 11 is 0. The quantitative estimate of drug-likeness (QED) is 0.673. The molecule has 0 aliphatic carbocycles. The number of alkyl halides is 3. The second-order valence-electron chi connectivity index (χ2n) is 2.20. The first-order valence-electron chi connectivity index (χ1n) is 3.11. The molecular weight excluding hydrogens is 185 g/mol. The number of rotatable bonds is 0. The predicted molar refractivity (Wildman–Crippen MR) is 35.6 cm³/mol. The Balaban J connectivity index is 3.32. The number of aromatic nitrogens is 1. The number of nitrogens with zero attached hydrogens (tertiary/aromatic N) is 2. The van der Waals surface area contributed by atoms with Gasteiger partial charge in [-0.3, -0.25) is 0 Å². The molecule has 0 radical (unpaired) electrons. The lowest BCUT2D eigenvalue weighted by molar-refractivity contribution is -0.141. The molecule has 0 spiro atoms. The molecule has 3 nitrogen and oxygen atoms in total. The highest BCUT2D eigenvalue weighted by atomic mass is 19.4. The van der Waals surface area contributed by atoms with Gasteiger partial charge in [0.15, 0.2) is 5.69 Å². The zero-order chi connectivity index (χ0) is 10.1. The van der Waals surface area contributed by atoms with Crippen molar-refractivity contribution in [2.75, 3.05) is 0 Å². The Kier molecular flexibility index (Phi) is 2.10. The summed E-state index contributed by atoms with van der Waals surface area (Å²) in [6.07, 6.45) is -4.03. The molecule has 0 aromatic carbocycles. The van der Waals surface area contributed by atoms with Crippen LogP contribution < -0.4 is 0 Å². The van der Waals surface area contributed by atoms with Crippen molar-refractivity contribution in [2.24, 2.45) is 0 Å². The summed E-state index contributed by atoms with van der Waals surface area (Å²) in [5.74, 6) is -0.468. The highest BCUT2D eigenvalue weighted by molar-refractivity contribution is 5.39. The number of pyridine rings is 1. The molecule has 0 saturated carbocycles. The third kappa shape index (κ3) is 1.87. The van der Waals surface area contributed by atoms with E-state index in [1.54, 1.807) is 0 Å². The highest BCUT2D eigenvalue weighted by Crippen LogP contribution is 2.30. The Morgan fingerprint density at radius 1 is 1.46 bits per heavy atom. The van der Waals surface area contributed by atoms with E-state index in [2.05, 4.69) is 4.98 Å². The molecule has 1 N–H and O–H groups in total. The van der Waals surface area contributed by atoms with Crippen LogP contribution in [0.3, 0.4) is 0 Å². The number of hydrogen-bond acceptors (Lipinski definition) is 3. The van der Waals surface area contributed by atoms with Crippen molar-refractivity contribution in [3.63, 3.8) is 0 Å². The molecule has 1 heterocycles. The first-order valence-corrected chi connectivity index (χ1v) is 3.11. The SMILES string of the molecule is N#Cc1cc(O)cnc1C(F)(F)F. The molecule has 0 aliphatic rings. The summed E-state index contributed by atoms with van der Waals surface area (Å²) in [6.45, 7) is 0. The lowest BCUT2D eigenvalue weighted by Crippen LogP contribution is -2.10. The minimum atomic E-state index is -4.67. The molecule has 0 unspecified atom stereocenters. The van der Waals surface area contributed by atoms with Gasteiger partial charge in [-0.2, -0.15) is 18.4 Å². The topological polar surface area (TPSA) is 56.9 Å². The Morgan fingerprint density at radius 3 is 2.54 bits per heavy atom. The van der Waals surface area contributed by atoms with Gasteiger partial charge in [0.1, 0.15) is 11.8 Å². The van der Waals surface area contributed by atoms with Crippen molar-refractivity contribution in [3.8, 4) is 11.8 Å². The van der Waals surface area contributed by atoms with Crippen LogP contribution in [0.1, 0.15) is 11.3 Å². The smallest absolute Gasteiger partial charge is 0.434 e. The van der Waals surface area contributed by atoms with E-state index in [4.69, 9.17) is 10.4 Å². The summed E-state index contributed by atoms with van der Waals surface area (Å²) in [5, 5.41) is 17.1. The van der Waals surface area contributed by atoms with Gasteiger partial charge < -0.3 is 5.11 Å². The summed E-state index contributed by atoms with van der Waals surface area (Å²) in [5.41, 5.74) is -1.97. The lowest BCUT2D eigenvalue weighted by Gasteiger charge is -2.06. The van der Waals surface area contributed by atoms with E-state index < -0.39 is 23.2 Å². The molecule has 0 saturated heterocycles. The summed E-state index contributed by atoms with van der Waals surface area (Å²) in [4.78, 5) is 2.92. The van der Waals surface area contributed by atoms with Gasteiger partial charge in [0.05, 0.1) is 11.8 Å². The maximum atomic E-state index is 12.1. The van der Waals surface area contributed by atoms with Crippen LogP contribution in [0.5, 0.6) is 5.75 Å². The molecular formula is C7H3F3N2O. The van der Waals surface area contributed by atoms with Gasteiger partial charge in [-0.05, 0) is 0 Å². The van der Waals surface area contributed by atoms with Crippen LogP contribution in [-0.4, -0.2) is 10.1 Å². The Labute approximate surface area is 71.1 Å². The van der Waals surface area contributed by atoms with Crippen LogP contribution in [0.2, 0.25) is 0 Å². The van der Waals surface area contributed by atoms with E-state index in [0.717, 1.165) is 6.07 Å². The maximum absolute atomic E-state index is 12.1. The molecule has 0 amide bonds. The molecule has 1 rings (SSSR count). The molecule has 1 aromatic rings. The number of aromatic hydroxyl groups is 1. The largest absolute Gasteiger partial charge is 0.506 e. The van der Waals surface area contributed by atoms with Crippen molar-refractivity contribution in [1.82, 2.24) is 4.98 Å². The minimum Gasteiger partial charge on any atom is -0.506 e. The van der Waals surface area contributed by atoms with Crippen LogP contribution in [0.25, 0.3) is 0 Å². The van der Waals surface area contributed by atoms with Gasteiger partial charge >= 0.3 is 6.18 Å². The average molecular weight is 188 g/mol. The summed E-state index contributed by atoms with van der Waals surface area (Å²) < 4.78 is 36.2. The van der Waals surface area contributed by atoms with Crippen LogP contribution in [0, 0.1) is 11.3 Å². The Morgan fingerprint density at radius 2 is 2.08 bits per heavy atom. The van der Waals surface area contributed by atoms with Gasteiger partial charge in [0.2, 0.25) is 0 Å². The maximum Gasteiger partial charge on any atom is 0.434 e. The fraction of sp³-hybridized carbons (Fsp3) is 0.143. The second kappa shape index (κ2) is 2.94. The van der Waals surface area contributed by atoms with E-state index >= 15 is 0 Å². The zero-order valence-corrected chi connectivity index (χ0v) is 6.13. The van der Waals surface area contributed by atoms with Gasteiger partial charge in [-0.1, -0.05) is 0 Å². The summed E-state index contributed by atoms with van der Waals surface area (Å²) in [7, 11) is 0. The van der Waals surface area contributed by atoms with Crippen molar-refractivity contribution >= 4 is 0 Å². The Bertz CT molecular complexity index is 367.